The first kappa shape index (κ1) is 20.5. The highest BCUT2D eigenvalue weighted by atomic mass is 32.1. The van der Waals surface area contributed by atoms with Crippen LogP contribution in [0.3, 0.4) is 0 Å². The zero-order valence-electron chi connectivity index (χ0n) is 16.4. The van der Waals surface area contributed by atoms with Crippen molar-refractivity contribution in [3.63, 3.8) is 0 Å². The van der Waals surface area contributed by atoms with Crippen molar-refractivity contribution in [2.24, 2.45) is 0 Å². The molecule has 7 nitrogen and oxygen atoms in total. The molecule has 0 unspecified atom stereocenters. The lowest BCUT2D eigenvalue weighted by molar-refractivity contribution is -0.141. The number of esters is 1. The quantitative estimate of drug-likeness (QED) is 0.476. The van der Waals surface area contributed by atoms with Crippen molar-refractivity contribution in [3.8, 4) is 0 Å². The molecule has 0 aliphatic carbocycles. The lowest BCUT2D eigenvalue weighted by Crippen LogP contribution is -2.25. The monoisotopic (exact) mass is 411 g/mol. The van der Waals surface area contributed by atoms with Crippen LogP contribution in [-0.4, -0.2) is 33.9 Å². The largest absolute Gasteiger partial charge is 0.457 e. The first-order valence-electron chi connectivity index (χ1n) is 9.00. The van der Waals surface area contributed by atoms with Gasteiger partial charge in [0.2, 0.25) is 5.78 Å². The number of amides is 1. The molecule has 0 atom stereocenters. The summed E-state index contributed by atoms with van der Waals surface area (Å²) >= 11 is 1.45. The van der Waals surface area contributed by atoms with Crippen LogP contribution in [0.5, 0.6) is 0 Å². The molecule has 0 fully saturated rings. The summed E-state index contributed by atoms with van der Waals surface area (Å²) in [5.74, 6) is -1.12. The fraction of sp³-hybridized carbons (Fsp3) is 0.238. The summed E-state index contributed by atoms with van der Waals surface area (Å²) in [7, 11) is 0. The number of ether oxygens (including phenoxy) is 1. The summed E-state index contributed by atoms with van der Waals surface area (Å²) in [6.45, 7) is 5.01. The van der Waals surface area contributed by atoms with Crippen LogP contribution in [-0.2, 0) is 16.0 Å². The Hall–Kier alpha value is -3.26. The van der Waals surface area contributed by atoms with Crippen molar-refractivity contribution >= 4 is 29.0 Å². The van der Waals surface area contributed by atoms with E-state index in [0.717, 1.165) is 5.01 Å². The zero-order valence-corrected chi connectivity index (χ0v) is 17.2. The Morgan fingerprint density at radius 3 is 2.52 bits per heavy atom. The first-order chi connectivity index (χ1) is 13.8. The van der Waals surface area contributed by atoms with Crippen LogP contribution in [0.4, 0.5) is 0 Å². The van der Waals surface area contributed by atoms with Gasteiger partial charge in [-0.3, -0.25) is 24.5 Å². The van der Waals surface area contributed by atoms with Gasteiger partial charge in [0.05, 0.1) is 17.1 Å². The van der Waals surface area contributed by atoms with Crippen molar-refractivity contribution < 1.29 is 19.1 Å². The third-order valence-corrected chi connectivity index (χ3v) is 5.16. The number of carbonyl (C=O) groups excluding carboxylic acids is 3. The van der Waals surface area contributed by atoms with Crippen molar-refractivity contribution in [1.29, 1.82) is 0 Å². The van der Waals surface area contributed by atoms with E-state index in [1.54, 1.807) is 54.2 Å². The van der Waals surface area contributed by atoms with Crippen LogP contribution in [0.2, 0.25) is 0 Å². The number of Topliss-reactive ketones (excluding diaryl/α,β-unsaturated/α-hetero) is 1. The van der Waals surface area contributed by atoms with Gasteiger partial charge in [-0.1, -0.05) is 18.2 Å². The molecule has 1 aromatic carbocycles. The highest BCUT2D eigenvalue weighted by Crippen LogP contribution is 2.15. The van der Waals surface area contributed by atoms with Gasteiger partial charge in [0.1, 0.15) is 0 Å². The van der Waals surface area contributed by atoms with Gasteiger partial charge in [-0.05, 0) is 39.0 Å². The number of rotatable bonds is 7. The Bertz CT molecular complexity index is 1050. The Morgan fingerprint density at radius 1 is 1.14 bits per heavy atom. The van der Waals surface area contributed by atoms with E-state index in [2.05, 4.69) is 10.4 Å². The van der Waals surface area contributed by atoms with Gasteiger partial charge in [-0.2, -0.15) is 0 Å². The Balaban J connectivity index is 1.63. The van der Waals surface area contributed by atoms with Crippen molar-refractivity contribution in [3.05, 3.63) is 75.0 Å². The maximum Gasteiger partial charge on any atom is 0.312 e. The molecular formula is C21H21N3O4S. The molecule has 3 rings (SSSR count). The molecule has 3 aromatic rings. The Labute approximate surface area is 172 Å². The Kier molecular flexibility index (Phi) is 6.23. The van der Waals surface area contributed by atoms with Gasteiger partial charge in [0.25, 0.3) is 5.91 Å². The second kappa shape index (κ2) is 8.83. The summed E-state index contributed by atoms with van der Waals surface area (Å²) in [6.07, 6.45) is 0.0315. The van der Waals surface area contributed by atoms with Gasteiger partial charge in [-0.15, -0.1) is 11.3 Å². The number of aromatic nitrogens is 2. The van der Waals surface area contributed by atoms with Gasteiger partial charge < -0.3 is 4.74 Å². The van der Waals surface area contributed by atoms with Gasteiger partial charge >= 0.3 is 5.97 Å². The number of ketones is 1. The fourth-order valence-electron chi connectivity index (χ4n) is 2.88. The van der Waals surface area contributed by atoms with E-state index in [1.807, 2.05) is 13.0 Å². The molecule has 1 amide bonds. The van der Waals surface area contributed by atoms with Crippen molar-refractivity contribution in [1.82, 2.24) is 9.66 Å². The number of benzene rings is 1. The standard InChI is InChI=1S/C21H21N3O4S/c1-13-9-18(14(2)24(13)23-21(27)16-7-5-4-6-8-16)19(25)11-28-20(26)10-17-12-29-15(3)22-17/h4-9,12H,10-11H2,1-3H3,(H,23,27). The fourth-order valence-corrected chi connectivity index (χ4v) is 3.50. The molecule has 1 N–H and O–H groups in total. The molecule has 150 valence electrons. The van der Waals surface area contributed by atoms with E-state index in [1.165, 1.54) is 11.3 Å². The van der Waals surface area contributed by atoms with Crippen LogP contribution in [0.15, 0.2) is 41.8 Å². The number of carbonyl (C=O) groups is 3. The molecule has 0 radical (unpaired) electrons. The topological polar surface area (TPSA) is 90.3 Å². The maximum atomic E-state index is 12.5. The van der Waals surface area contributed by atoms with Gasteiger partial charge in [0.15, 0.2) is 6.61 Å². The summed E-state index contributed by atoms with van der Waals surface area (Å²) in [6, 6.07) is 10.5. The zero-order chi connectivity index (χ0) is 21.0. The molecule has 0 aliphatic heterocycles. The second-order valence-corrected chi connectivity index (χ2v) is 7.61. The van der Waals surface area contributed by atoms with Crippen LogP contribution >= 0.6 is 11.3 Å². The third kappa shape index (κ3) is 4.97. The number of thiazole rings is 1. The molecule has 2 heterocycles. The van der Waals surface area contributed by atoms with E-state index in [0.29, 0.717) is 28.2 Å². The number of hydrogen-bond donors (Lipinski definition) is 1. The SMILES string of the molecule is Cc1nc(CC(=O)OCC(=O)c2cc(C)n(NC(=O)c3ccccc3)c2C)cs1. The molecule has 8 heteroatoms. The highest BCUT2D eigenvalue weighted by Gasteiger charge is 2.19. The summed E-state index contributed by atoms with van der Waals surface area (Å²) < 4.78 is 6.66. The third-order valence-electron chi connectivity index (χ3n) is 4.34. The lowest BCUT2D eigenvalue weighted by atomic mass is 10.1. The number of hydrogen-bond acceptors (Lipinski definition) is 6. The molecular weight excluding hydrogens is 390 g/mol. The Morgan fingerprint density at radius 2 is 1.86 bits per heavy atom. The van der Waals surface area contributed by atoms with E-state index in [9.17, 15) is 14.4 Å². The molecule has 0 bridgehead atoms. The molecule has 2 aromatic heterocycles. The average Bonchev–Trinajstić information content (AvgIpc) is 3.24. The van der Waals surface area contributed by atoms with Crippen molar-refractivity contribution in [2.45, 2.75) is 27.2 Å². The summed E-state index contributed by atoms with van der Waals surface area (Å²) in [4.78, 5) is 41.1. The second-order valence-electron chi connectivity index (χ2n) is 6.55. The predicted molar refractivity (Wildman–Crippen MR) is 110 cm³/mol. The number of aryl methyl sites for hydroxylation is 2. The van der Waals surface area contributed by atoms with E-state index in [4.69, 9.17) is 4.74 Å². The summed E-state index contributed by atoms with van der Waals surface area (Å²) in [5.41, 5.74) is 5.59. The maximum absolute atomic E-state index is 12.5. The minimum atomic E-state index is -0.505. The molecule has 0 spiro atoms. The molecule has 0 saturated heterocycles. The highest BCUT2D eigenvalue weighted by molar-refractivity contribution is 7.09. The van der Waals surface area contributed by atoms with Crippen LogP contribution < -0.4 is 5.43 Å². The van der Waals surface area contributed by atoms with Crippen molar-refractivity contribution in [2.75, 3.05) is 12.0 Å². The smallest absolute Gasteiger partial charge is 0.312 e. The van der Waals surface area contributed by atoms with Crippen LogP contribution in [0.1, 0.15) is 42.8 Å². The number of nitrogens with one attached hydrogen (secondary N) is 1. The minimum Gasteiger partial charge on any atom is -0.457 e. The predicted octanol–water partition coefficient (Wildman–Crippen LogP) is 3.22. The molecule has 0 saturated carbocycles. The van der Waals surface area contributed by atoms with E-state index in [-0.39, 0.29) is 24.7 Å². The van der Waals surface area contributed by atoms with E-state index >= 15 is 0 Å². The number of nitrogens with zero attached hydrogens (tertiary/aromatic N) is 2. The average molecular weight is 411 g/mol. The van der Waals surface area contributed by atoms with Crippen LogP contribution in [0, 0.1) is 20.8 Å². The molecule has 0 aliphatic rings. The first-order valence-corrected chi connectivity index (χ1v) is 9.88. The van der Waals surface area contributed by atoms with Crippen LogP contribution in [0.25, 0.3) is 0 Å². The lowest BCUT2D eigenvalue weighted by Gasteiger charge is -2.11. The van der Waals surface area contributed by atoms with E-state index < -0.39 is 5.97 Å². The van der Waals surface area contributed by atoms with Gasteiger partial charge in [-0.25, -0.2) is 4.98 Å². The minimum absolute atomic E-state index is 0.0315. The normalized spacial score (nSPS) is 10.6. The summed E-state index contributed by atoms with van der Waals surface area (Å²) in [5, 5.41) is 2.66. The molecule has 29 heavy (non-hydrogen) atoms. The van der Waals surface area contributed by atoms with Gasteiger partial charge in [0, 0.05) is 27.9 Å².